The largest absolute Gasteiger partial charge is 0.459 e. The van der Waals surface area contributed by atoms with Gasteiger partial charge >= 0.3 is 24.0 Å². The second kappa shape index (κ2) is 9.50. The van der Waals surface area contributed by atoms with E-state index in [9.17, 15) is 35.5 Å². The minimum Gasteiger partial charge on any atom is -0.459 e. The van der Waals surface area contributed by atoms with Crippen molar-refractivity contribution in [2.75, 3.05) is 5.75 Å². The zero-order valence-electron chi connectivity index (χ0n) is 15.2. The van der Waals surface area contributed by atoms with E-state index in [1.54, 1.807) is 20.8 Å². The molecule has 0 rings (SSSR count). The van der Waals surface area contributed by atoms with E-state index >= 15 is 0 Å². The van der Waals surface area contributed by atoms with E-state index in [0.717, 1.165) is 11.8 Å². The maximum atomic E-state index is 13.2. The van der Waals surface area contributed by atoms with Gasteiger partial charge < -0.3 is 4.74 Å². The third-order valence-corrected chi connectivity index (χ3v) is 4.59. The van der Waals surface area contributed by atoms with Gasteiger partial charge in [0.05, 0.1) is 0 Å². The number of hydrogen-bond acceptors (Lipinski definition) is 3. The van der Waals surface area contributed by atoms with Gasteiger partial charge in [-0.05, 0) is 45.8 Å². The van der Waals surface area contributed by atoms with Crippen LogP contribution < -0.4 is 0 Å². The summed E-state index contributed by atoms with van der Waals surface area (Å²) in [5, 5.41) is -0.531. The van der Waals surface area contributed by atoms with Gasteiger partial charge in [0.15, 0.2) is 0 Å². The molecule has 2 nitrogen and oxygen atoms in total. The number of carbonyl (C=O) groups is 1. The third kappa shape index (κ3) is 7.92. The predicted molar refractivity (Wildman–Crippen MR) is 86.8 cm³/mol. The second-order valence-electron chi connectivity index (χ2n) is 6.92. The molecule has 1 unspecified atom stereocenters. The summed E-state index contributed by atoms with van der Waals surface area (Å²) in [5.74, 6) is -11.5. The van der Waals surface area contributed by atoms with E-state index in [4.69, 9.17) is 4.74 Å². The Morgan fingerprint density at radius 3 is 1.96 bits per heavy atom. The molecule has 0 spiro atoms. The molecular weight excluding hydrogens is 389 g/mol. The zero-order valence-corrected chi connectivity index (χ0v) is 16.0. The average Bonchev–Trinajstić information content (AvgIpc) is 2.42. The molecule has 10 heteroatoms. The van der Waals surface area contributed by atoms with Gasteiger partial charge in [-0.25, -0.2) is 0 Å². The van der Waals surface area contributed by atoms with E-state index in [1.807, 2.05) is 6.92 Å². The molecular formula is C16H25F7O2S. The van der Waals surface area contributed by atoms with E-state index in [-0.39, 0.29) is 12.2 Å². The predicted octanol–water partition coefficient (Wildman–Crippen LogP) is 6.23. The van der Waals surface area contributed by atoms with Crippen LogP contribution in [-0.4, -0.2) is 40.6 Å². The summed E-state index contributed by atoms with van der Waals surface area (Å²) < 4.78 is 93.2. The van der Waals surface area contributed by atoms with Crippen LogP contribution in [0.2, 0.25) is 0 Å². The summed E-state index contributed by atoms with van der Waals surface area (Å²) in [6.45, 7) is 6.93. The number of thioether (sulfide) groups is 1. The van der Waals surface area contributed by atoms with Crippen LogP contribution in [0.1, 0.15) is 59.8 Å². The van der Waals surface area contributed by atoms with Crippen LogP contribution >= 0.6 is 11.8 Å². The molecule has 1 atom stereocenters. The fraction of sp³-hybridized carbons (Fsp3) is 0.938. The number of unbranched alkanes of at least 4 members (excludes halogenated alkanes) is 1. The monoisotopic (exact) mass is 414 g/mol. The normalized spacial score (nSPS) is 15.0. The minimum absolute atomic E-state index is 0.0167. The Morgan fingerprint density at radius 2 is 1.54 bits per heavy atom. The lowest BCUT2D eigenvalue weighted by Crippen LogP contribution is -2.51. The van der Waals surface area contributed by atoms with Gasteiger partial charge in [0.2, 0.25) is 0 Å². The molecule has 156 valence electrons. The van der Waals surface area contributed by atoms with Crippen LogP contribution in [-0.2, 0) is 9.53 Å². The summed E-state index contributed by atoms with van der Waals surface area (Å²) in [5.41, 5.74) is -0.686. The molecule has 0 amide bonds. The van der Waals surface area contributed by atoms with Gasteiger partial charge in [-0.3, -0.25) is 4.79 Å². The molecule has 0 N–H and O–H groups in total. The highest BCUT2D eigenvalue weighted by molar-refractivity contribution is 8.00. The van der Waals surface area contributed by atoms with Crippen molar-refractivity contribution < 1.29 is 40.3 Å². The van der Waals surface area contributed by atoms with Crippen LogP contribution in [0, 0.1) is 0 Å². The molecule has 0 aliphatic heterocycles. The summed E-state index contributed by atoms with van der Waals surface area (Å²) in [4.78, 5) is 12.0. The Kier molecular flexibility index (Phi) is 9.26. The first-order chi connectivity index (χ1) is 11.5. The molecule has 26 heavy (non-hydrogen) atoms. The molecule has 0 fully saturated rings. The van der Waals surface area contributed by atoms with Crippen molar-refractivity contribution in [3.63, 3.8) is 0 Å². The maximum Gasteiger partial charge on any atom is 0.459 e. The highest BCUT2D eigenvalue weighted by atomic mass is 32.2. The molecule has 0 aromatic carbocycles. The van der Waals surface area contributed by atoms with Crippen molar-refractivity contribution in [1.29, 1.82) is 0 Å². The Morgan fingerprint density at radius 1 is 1.00 bits per heavy atom. The van der Waals surface area contributed by atoms with Gasteiger partial charge in [0, 0.05) is 6.42 Å². The summed E-state index contributed by atoms with van der Waals surface area (Å²) in [6, 6.07) is 0. The van der Waals surface area contributed by atoms with E-state index < -0.39 is 47.7 Å². The van der Waals surface area contributed by atoms with Crippen molar-refractivity contribution in [3.8, 4) is 0 Å². The quantitative estimate of drug-likeness (QED) is 0.241. The zero-order chi connectivity index (χ0) is 20.8. The van der Waals surface area contributed by atoms with Crippen LogP contribution in [0.5, 0.6) is 0 Å². The van der Waals surface area contributed by atoms with Crippen molar-refractivity contribution >= 4 is 17.7 Å². The van der Waals surface area contributed by atoms with Crippen molar-refractivity contribution in [1.82, 2.24) is 0 Å². The van der Waals surface area contributed by atoms with Crippen LogP contribution in [0.3, 0.4) is 0 Å². The van der Waals surface area contributed by atoms with Gasteiger partial charge in [-0.1, -0.05) is 13.3 Å². The van der Waals surface area contributed by atoms with Crippen LogP contribution in [0.4, 0.5) is 30.7 Å². The molecule has 0 aromatic heterocycles. The number of rotatable bonds is 10. The fourth-order valence-corrected chi connectivity index (χ4v) is 3.18. The first-order valence-corrected chi connectivity index (χ1v) is 9.27. The first kappa shape index (κ1) is 25.3. The highest BCUT2D eigenvalue weighted by Crippen LogP contribution is 2.48. The standard InChI is InChI=1S/C16H25F7O2S/c1-5-8-11(12(24)25-13(2,3)4)26-10-7-6-9-14(17,18)15(19,20)16(21,22)23/h11H,5-10H2,1-4H3. The minimum atomic E-state index is -6.30. The lowest BCUT2D eigenvalue weighted by atomic mass is 10.0. The molecule has 0 saturated heterocycles. The molecule has 0 aliphatic carbocycles. The molecule has 0 saturated carbocycles. The Balaban J connectivity index is 4.48. The topological polar surface area (TPSA) is 26.3 Å². The number of hydrogen-bond donors (Lipinski definition) is 0. The van der Waals surface area contributed by atoms with Crippen LogP contribution in [0.25, 0.3) is 0 Å². The van der Waals surface area contributed by atoms with Gasteiger partial charge in [0.25, 0.3) is 0 Å². The Labute approximate surface area is 153 Å². The molecule has 0 bridgehead atoms. The van der Waals surface area contributed by atoms with E-state index in [0.29, 0.717) is 12.8 Å². The van der Waals surface area contributed by atoms with Gasteiger partial charge in [-0.2, -0.15) is 30.7 Å². The first-order valence-electron chi connectivity index (χ1n) is 8.22. The lowest BCUT2D eigenvalue weighted by Gasteiger charge is -2.28. The molecule has 0 aliphatic rings. The van der Waals surface area contributed by atoms with Crippen LogP contribution in [0.15, 0.2) is 0 Å². The lowest BCUT2D eigenvalue weighted by molar-refractivity contribution is -0.355. The number of alkyl halides is 7. The SMILES string of the molecule is CCCC(SCCCCC(F)(F)C(F)(F)C(F)(F)F)C(=O)OC(C)(C)C. The van der Waals surface area contributed by atoms with E-state index in [2.05, 4.69) is 0 Å². The van der Waals surface area contributed by atoms with Gasteiger partial charge in [-0.15, -0.1) is 11.8 Å². The summed E-state index contributed by atoms with van der Waals surface area (Å²) >= 11 is 1.13. The van der Waals surface area contributed by atoms with Gasteiger partial charge in [0.1, 0.15) is 10.9 Å². The average molecular weight is 414 g/mol. The highest BCUT2D eigenvalue weighted by Gasteiger charge is 2.72. The number of carbonyl (C=O) groups excluding carboxylic acids is 1. The molecule has 0 heterocycles. The summed E-state index contributed by atoms with van der Waals surface area (Å²) in [7, 11) is 0. The molecule has 0 aromatic rings. The fourth-order valence-electron chi connectivity index (χ4n) is 1.94. The summed E-state index contributed by atoms with van der Waals surface area (Å²) in [6.07, 6.45) is -7.25. The van der Waals surface area contributed by atoms with Crippen molar-refractivity contribution in [2.24, 2.45) is 0 Å². The Bertz CT molecular complexity index is 445. The Hall–Kier alpha value is -0.670. The second-order valence-corrected chi connectivity index (χ2v) is 8.23. The molecule has 0 radical (unpaired) electrons. The maximum absolute atomic E-state index is 13.2. The number of ether oxygens (including phenoxy) is 1. The van der Waals surface area contributed by atoms with Crippen molar-refractivity contribution in [3.05, 3.63) is 0 Å². The van der Waals surface area contributed by atoms with Crippen molar-refractivity contribution in [2.45, 2.75) is 88.7 Å². The van der Waals surface area contributed by atoms with E-state index in [1.165, 1.54) is 0 Å². The third-order valence-electron chi connectivity index (χ3n) is 3.24. The number of esters is 1. The number of halogens is 7. The smallest absolute Gasteiger partial charge is 0.459 e.